The second-order valence-corrected chi connectivity index (χ2v) is 5.01. The number of unbranched alkanes of at least 4 members (excludes halogenated alkanes) is 1. The molecule has 0 saturated heterocycles. The summed E-state index contributed by atoms with van der Waals surface area (Å²) in [5.41, 5.74) is 0.962. The summed E-state index contributed by atoms with van der Waals surface area (Å²) < 4.78 is 14.0. The number of benzene rings is 1. The first-order valence-electron chi connectivity index (χ1n) is 7.19. The van der Waals surface area contributed by atoms with Crippen LogP contribution < -0.4 is 10.9 Å². The number of hydrogen-bond donors (Lipinski definition) is 1. The Morgan fingerprint density at radius 2 is 2.05 bits per heavy atom. The van der Waals surface area contributed by atoms with Gasteiger partial charge in [-0.1, -0.05) is 13.3 Å². The van der Waals surface area contributed by atoms with Crippen molar-refractivity contribution in [3.63, 3.8) is 0 Å². The monoisotopic (exact) mass is 303 g/mol. The van der Waals surface area contributed by atoms with Gasteiger partial charge in [0.05, 0.1) is 6.33 Å². The predicted octanol–water partition coefficient (Wildman–Crippen LogP) is 2.36. The highest BCUT2D eigenvalue weighted by molar-refractivity contribution is 5.90. The SMILES string of the molecule is CCCCc1cc(=O)n(CC(=O)Nc2ccc(F)cc2)cn1. The molecule has 0 bridgehead atoms. The van der Waals surface area contributed by atoms with Crippen LogP contribution in [0, 0.1) is 5.82 Å². The summed E-state index contributed by atoms with van der Waals surface area (Å²) in [6.07, 6.45) is 4.15. The van der Waals surface area contributed by atoms with E-state index in [1.807, 2.05) is 0 Å². The van der Waals surface area contributed by atoms with Crippen molar-refractivity contribution in [2.75, 3.05) is 5.32 Å². The van der Waals surface area contributed by atoms with Gasteiger partial charge in [-0.15, -0.1) is 0 Å². The van der Waals surface area contributed by atoms with Gasteiger partial charge in [0.25, 0.3) is 5.56 Å². The van der Waals surface area contributed by atoms with E-state index in [0.29, 0.717) is 5.69 Å². The molecule has 0 fully saturated rings. The molecule has 0 spiro atoms. The Balaban J connectivity index is 1.99. The van der Waals surface area contributed by atoms with Crippen molar-refractivity contribution >= 4 is 11.6 Å². The number of rotatable bonds is 6. The molecule has 0 aliphatic carbocycles. The number of anilines is 1. The maximum absolute atomic E-state index is 12.8. The third kappa shape index (κ3) is 4.51. The Kier molecular flexibility index (Phi) is 5.41. The number of carbonyl (C=O) groups is 1. The van der Waals surface area contributed by atoms with Crippen LogP contribution in [0.2, 0.25) is 0 Å². The highest BCUT2D eigenvalue weighted by atomic mass is 19.1. The fourth-order valence-corrected chi connectivity index (χ4v) is 1.97. The van der Waals surface area contributed by atoms with Crippen LogP contribution in [0.1, 0.15) is 25.5 Å². The topological polar surface area (TPSA) is 64.0 Å². The Morgan fingerprint density at radius 3 is 2.68 bits per heavy atom. The molecule has 1 aromatic heterocycles. The van der Waals surface area contributed by atoms with Crippen molar-refractivity contribution in [2.45, 2.75) is 32.7 Å². The van der Waals surface area contributed by atoms with E-state index in [2.05, 4.69) is 17.2 Å². The first-order valence-corrected chi connectivity index (χ1v) is 7.19. The molecule has 0 atom stereocenters. The van der Waals surface area contributed by atoms with E-state index in [9.17, 15) is 14.0 Å². The van der Waals surface area contributed by atoms with Crippen LogP contribution in [0.3, 0.4) is 0 Å². The molecule has 1 heterocycles. The second kappa shape index (κ2) is 7.49. The van der Waals surface area contributed by atoms with Crippen molar-refractivity contribution in [3.05, 3.63) is 58.5 Å². The molecule has 1 aromatic carbocycles. The molecule has 1 N–H and O–H groups in total. The lowest BCUT2D eigenvalue weighted by Crippen LogP contribution is -2.27. The Bertz CT molecular complexity index is 695. The predicted molar refractivity (Wildman–Crippen MR) is 82.1 cm³/mol. The Morgan fingerprint density at radius 1 is 1.32 bits per heavy atom. The lowest BCUT2D eigenvalue weighted by Gasteiger charge is -2.08. The number of halogens is 1. The smallest absolute Gasteiger partial charge is 0.253 e. The number of nitrogens with zero attached hydrogens (tertiary/aromatic N) is 2. The van der Waals surface area contributed by atoms with E-state index in [1.54, 1.807) is 0 Å². The lowest BCUT2D eigenvalue weighted by molar-refractivity contribution is -0.116. The maximum atomic E-state index is 12.8. The number of aryl methyl sites for hydroxylation is 1. The zero-order valence-corrected chi connectivity index (χ0v) is 12.4. The number of hydrogen-bond acceptors (Lipinski definition) is 3. The van der Waals surface area contributed by atoms with Crippen LogP contribution in [-0.4, -0.2) is 15.5 Å². The highest BCUT2D eigenvalue weighted by Gasteiger charge is 2.06. The molecule has 0 radical (unpaired) electrons. The van der Waals surface area contributed by atoms with Crippen LogP contribution >= 0.6 is 0 Å². The average Bonchev–Trinajstić information content (AvgIpc) is 2.50. The van der Waals surface area contributed by atoms with Gasteiger partial charge >= 0.3 is 0 Å². The second-order valence-electron chi connectivity index (χ2n) is 5.01. The van der Waals surface area contributed by atoms with Crippen molar-refractivity contribution < 1.29 is 9.18 Å². The van der Waals surface area contributed by atoms with Gasteiger partial charge in [-0.25, -0.2) is 9.37 Å². The van der Waals surface area contributed by atoms with E-state index in [1.165, 1.54) is 41.2 Å². The minimum Gasteiger partial charge on any atom is -0.325 e. The highest BCUT2D eigenvalue weighted by Crippen LogP contribution is 2.08. The molecule has 22 heavy (non-hydrogen) atoms. The Hall–Kier alpha value is -2.50. The third-order valence-electron chi connectivity index (χ3n) is 3.16. The normalized spacial score (nSPS) is 10.5. The summed E-state index contributed by atoms with van der Waals surface area (Å²) >= 11 is 0. The molecule has 1 amide bonds. The first kappa shape index (κ1) is 15.9. The molecule has 6 heteroatoms. The average molecular weight is 303 g/mol. The van der Waals surface area contributed by atoms with Gasteiger partial charge < -0.3 is 5.32 Å². The van der Waals surface area contributed by atoms with Crippen molar-refractivity contribution in [3.8, 4) is 0 Å². The van der Waals surface area contributed by atoms with E-state index >= 15 is 0 Å². The number of amides is 1. The first-order chi connectivity index (χ1) is 10.6. The van der Waals surface area contributed by atoms with Gasteiger partial charge in [0.2, 0.25) is 5.91 Å². The van der Waals surface area contributed by atoms with Gasteiger partial charge in [-0.2, -0.15) is 0 Å². The quantitative estimate of drug-likeness (QED) is 0.891. The van der Waals surface area contributed by atoms with Crippen LogP contribution in [-0.2, 0) is 17.8 Å². The minimum atomic E-state index is -0.374. The number of aromatic nitrogens is 2. The van der Waals surface area contributed by atoms with Gasteiger partial charge in [-0.3, -0.25) is 14.2 Å². The Labute approximate surface area is 127 Å². The zero-order valence-electron chi connectivity index (χ0n) is 12.4. The summed E-state index contributed by atoms with van der Waals surface area (Å²) in [7, 11) is 0. The van der Waals surface area contributed by atoms with Crippen molar-refractivity contribution in [2.24, 2.45) is 0 Å². The molecule has 0 aliphatic rings. The van der Waals surface area contributed by atoms with E-state index in [-0.39, 0.29) is 23.8 Å². The molecular formula is C16H18FN3O2. The maximum Gasteiger partial charge on any atom is 0.253 e. The van der Waals surface area contributed by atoms with E-state index < -0.39 is 0 Å². The van der Waals surface area contributed by atoms with Gasteiger partial charge in [0.1, 0.15) is 12.4 Å². The van der Waals surface area contributed by atoms with E-state index in [4.69, 9.17) is 0 Å². The summed E-state index contributed by atoms with van der Waals surface area (Å²) in [6.45, 7) is 1.94. The molecular weight excluding hydrogens is 285 g/mol. The molecule has 0 aliphatic heterocycles. The number of carbonyl (C=O) groups excluding carboxylic acids is 1. The van der Waals surface area contributed by atoms with Gasteiger partial charge in [-0.05, 0) is 37.1 Å². The molecule has 2 rings (SSSR count). The molecule has 116 valence electrons. The van der Waals surface area contributed by atoms with Crippen molar-refractivity contribution in [1.29, 1.82) is 0 Å². The third-order valence-corrected chi connectivity index (χ3v) is 3.16. The van der Waals surface area contributed by atoms with Crippen LogP contribution in [0.25, 0.3) is 0 Å². The molecule has 2 aromatic rings. The number of nitrogens with one attached hydrogen (secondary N) is 1. The summed E-state index contributed by atoms with van der Waals surface area (Å²) in [5.74, 6) is -0.738. The minimum absolute atomic E-state index is 0.128. The lowest BCUT2D eigenvalue weighted by atomic mass is 10.2. The zero-order chi connectivity index (χ0) is 15.9. The van der Waals surface area contributed by atoms with E-state index in [0.717, 1.165) is 25.0 Å². The standard InChI is InChI=1S/C16H18FN3O2/c1-2-3-4-14-9-16(22)20(11-18-14)10-15(21)19-13-7-5-12(17)6-8-13/h5-9,11H,2-4,10H2,1H3,(H,19,21). The fourth-order valence-electron chi connectivity index (χ4n) is 1.97. The largest absolute Gasteiger partial charge is 0.325 e. The summed E-state index contributed by atoms with van der Waals surface area (Å²) in [4.78, 5) is 28.0. The van der Waals surface area contributed by atoms with Gasteiger partial charge in [0.15, 0.2) is 0 Å². The van der Waals surface area contributed by atoms with Crippen LogP contribution in [0.4, 0.5) is 10.1 Å². The molecule has 5 nitrogen and oxygen atoms in total. The molecule has 0 saturated carbocycles. The summed E-state index contributed by atoms with van der Waals surface area (Å²) in [5, 5.41) is 2.60. The fraction of sp³-hybridized carbons (Fsp3) is 0.312. The van der Waals surface area contributed by atoms with Crippen molar-refractivity contribution in [1.82, 2.24) is 9.55 Å². The summed E-state index contributed by atoms with van der Waals surface area (Å²) in [6, 6.07) is 6.89. The van der Waals surface area contributed by atoms with Gasteiger partial charge in [0, 0.05) is 17.4 Å². The van der Waals surface area contributed by atoms with Crippen LogP contribution in [0.15, 0.2) is 41.5 Å². The van der Waals surface area contributed by atoms with Crippen LogP contribution in [0.5, 0.6) is 0 Å². The molecule has 0 unspecified atom stereocenters.